The maximum absolute atomic E-state index is 12.0. The van der Waals surface area contributed by atoms with E-state index in [0.29, 0.717) is 0 Å². The zero-order valence-electron chi connectivity index (χ0n) is 14.1. The second-order valence-corrected chi connectivity index (χ2v) is 4.86. The van der Waals surface area contributed by atoms with Crippen LogP contribution in [0.1, 0.15) is 20.7 Å². The Labute approximate surface area is 150 Å². The average molecular weight is 392 g/mol. The zero-order valence-corrected chi connectivity index (χ0v) is 14.1. The number of imide groups is 1. The van der Waals surface area contributed by atoms with Gasteiger partial charge in [-0.05, 0) is 18.2 Å². The van der Waals surface area contributed by atoms with Crippen LogP contribution in [0.4, 0.5) is 18.0 Å². The van der Waals surface area contributed by atoms with E-state index in [9.17, 15) is 32.3 Å². The van der Waals surface area contributed by atoms with Crippen LogP contribution in [0.5, 0.6) is 5.75 Å². The molecule has 0 atom stereocenters. The van der Waals surface area contributed by atoms with Crippen LogP contribution in [0.3, 0.4) is 0 Å². The average Bonchev–Trinajstić information content (AvgIpc) is 2.62. The molecule has 0 saturated carbocycles. The molecule has 1 aromatic carbocycles. The van der Waals surface area contributed by atoms with E-state index in [1.165, 1.54) is 11.4 Å². The topological polar surface area (TPSA) is 120 Å². The van der Waals surface area contributed by atoms with E-state index in [1.807, 2.05) is 0 Å². The molecule has 0 aliphatic rings. The molecular weight excluding hydrogens is 377 g/mol. The van der Waals surface area contributed by atoms with Crippen molar-refractivity contribution in [3.63, 3.8) is 0 Å². The molecule has 0 heterocycles. The predicted octanol–water partition coefficient (Wildman–Crippen LogP) is 1.03. The van der Waals surface area contributed by atoms with E-state index < -0.39 is 43.2 Å². The first-order chi connectivity index (χ1) is 12.6. The number of esters is 2. The highest BCUT2D eigenvalue weighted by Crippen LogP contribution is 2.19. The lowest BCUT2D eigenvalue weighted by molar-refractivity contribution is -0.125. The molecule has 148 valence electrons. The minimum absolute atomic E-state index is 0.0706. The Bertz CT molecular complexity index is 700. The van der Waals surface area contributed by atoms with Gasteiger partial charge in [-0.25, -0.2) is 14.4 Å². The number of urea groups is 1. The molecule has 0 fully saturated rings. The van der Waals surface area contributed by atoms with Crippen LogP contribution >= 0.6 is 0 Å². The van der Waals surface area contributed by atoms with E-state index >= 15 is 0 Å². The Morgan fingerprint density at radius 2 is 1.48 bits per heavy atom. The number of hydrogen-bond acceptors (Lipinski definition) is 7. The number of halogens is 3. The molecule has 0 spiro atoms. The molecule has 0 unspecified atom stereocenters. The van der Waals surface area contributed by atoms with Crippen LogP contribution in [0, 0.1) is 0 Å². The van der Waals surface area contributed by atoms with Crippen LogP contribution in [0.15, 0.2) is 18.2 Å². The van der Waals surface area contributed by atoms with Gasteiger partial charge in [0.25, 0.3) is 5.91 Å². The Kier molecular flexibility index (Phi) is 7.57. The second-order valence-electron chi connectivity index (χ2n) is 4.86. The number of benzene rings is 1. The number of nitrogens with one attached hydrogen (secondary N) is 2. The Morgan fingerprint density at radius 3 is 1.93 bits per heavy atom. The van der Waals surface area contributed by atoms with E-state index in [2.05, 4.69) is 9.47 Å². The van der Waals surface area contributed by atoms with Gasteiger partial charge in [0, 0.05) is 0 Å². The smallest absolute Gasteiger partial charge is 0.405 e. The van der Waals surface area contributed by atoms with Crippen LogP contribution in [-0.4, -0.2) is 57.4 Å². The molecule has 0 aromatic heterocycles. The molecule has 2 N–H and O–H groups in total. The summed E-state index contributed by atoms with van der Waals surface area (Å²) in [7, 11) is 2.22. The van der Waals surface area contributed by atoms with Crippen molar-refractivity contribution in [2.75, 3.05) is 27.4 Å². The van der Waals surface area contributed by atoms with E-state index in [1.54, 1.807) is 5.32 Å². The highest BCUT2D eigenvalue weighted by molar-refractivity contribution is 5.96. The first-order valence-corrected chi connectivity index (χ1v) is 7.14. The second kappa shape index (κ2) is 9.40. The fourth-order valence-electron chi connectivity index (χ4n) is 1.69. The number of methoxy groups -OCH3 is 2. The molecule has 27 heavy (non-hydrogen) atoms. The van der Waals surface area contributed by atoms with Gasteiger partial charge in [-0.2, -0.15) is 13.2 Å². The molecule has 1 rings (SSSR count). The maximum Gasteiger partial charge on any atom is 0.405 e. The van der Waals surface area contributed by atoms with Gasteiger partial charge in [-0.1, -0.05) is 0 Å². The monoisotopic (exact) mass is 392 g/mol. The van der Waals surface area contributed by atoms with Crippen LogP contribution in [0.2, 0.25) is 0 Å². The van der Waals surface area contributed by atoms with Gasteiger partial charge in [0.05, 0.1) is 25.3 Å². The first kappa shape index (κ1) is 21.7. The fourth-order valence-corrected chi connectivity index (χ4v) is 1.69. The summed E-state index contributed by atoms with van der Waals surface area (Å²) in [5.74, 6) is -2.75. The number of alkyl halides is 3. The number of carbonyl (C=O) groups excluding carboxylic acids is 4. The van der Waals surface area contributed by atoms with E-state index in [4.69, 9.17) is 4.74 Å². The van der Waals surface area contributed by atoms with Gasteiger partial charge >= 0.3 is 24.1 Å². The number of amides is 3. The molecule has 0 saturated heterocycles. The molecule has 9 nitrogen and oxygen atoms in total. The normalized spacial score (nSPS) is 10.6. The number of hydrogen-bond donors (Lipinski definition) is 2. The molecule has 1 aromatic rings. The summed E-state index contributed by atoms with van der Waals surface area (Å²) in [5, 5.41) is 3.06. The summed E-state index contributed by atoms with van der Waals surface area (Å²) >= 11 is 0. The highest BCUT2D eigenvalue weighted by atomic mass is 19.4. The van der Waals surface area contributed by atoms with Crippen LogP contribution in [-0.2, 0) is 14.3 Å². The van der Waals surface area contributed by atoms with Crippen LogP contribution in [0.25, 0.3) is 0 Å². The molecule has 0 aliphatic carbocycles. The quantitative estimate of drug-likeness (QED) is 0.694. The van der Waals surface area contributed by atoms with Crippen molar-refractivity contribution in [1.82, 2.24) is 10.6 Å². The molecule has 12 heteroatoms. The Hall–Kier alpha value is -3.31. The highest BCUT2D eigenvalue weighted by Gasteiger charge is 2.28. The number of ether oxygens (including phenoxy) is 3. The first-order valence-electron chi connectivity index (χ1n) is 7.14. The minimum Gasteiger partial charge on any atom is -0.484 e. The fraction of sp³-hybridized carbons (Fsp3) is 0.333. The van der Waals surface area contributed by atoms with Crippen molar-refractivity contribution in [3.8, 4) is 5.75 Å². The molecule has 0 bridgehead atoms. The summed E-state index contributed by atoms with van der Waals surface area (Å²) in [6.45, 7) is -2.39. The van der Waals surface area contributed by atoms with E-state index in [-0.39, 0.29) is 16.9 Å². The lowest BCUT2D eigenvalue weighted by Crippen LogP contribution is -2.44. The lowest BCUT2D eigenvalue weighted by Gasteiger charge is -2.11. The molecular formula is C15H15F3N2O7. The summed E-state index contributed by atoms with van der Waals surface area (Å²) in [5.41, 5.74) is -0.141. The molecule has 0 aliphatic heterocycles. The molecule has 0 radical (unpaired) electrons. The maximum atomic E-state index is 12.0. The SMILES string of the molecule is COC(=O)c1cc(OCC(=O)NC(=O)NCC(F)(F)F)cc(C(=O)OC)c1. The van der Waals surface area contributed by atoms with E-state index in [0.717, 1.165) is 26.4 Å². The predicted molar refractivity (Wildman–Crippen MR) is 82.2 cm³/mol. The van der Waals surface area contributed by atoms with Gasteiger partial charge in [0.15, 0.2) is 6.61 Å². The van der Waals surface area contributed by atoms with Gasteiger partial charge in [-0.3, -0.25) is 10.1 Å². The number of rotatable bonds is 6. The standard InChI is InChI=1S/C15H15F3N2O7/c1-25-12(22)8-3-9(13(23)26-2)5-10(4-8)27-6-11(21)20-14(24)19-7-15(16,17)18/h3-5H,6-7H2,1-2H3,(H2,19,20,21,24). The van der Waals surface area contributed by atoms with Crippen molar-refractivity contribution < 1.29 is 46.6 Å². The van der Waals surface area contributed by atoms with Crippen molar-refractivity contribution in [3.05, 3.63) is 29.3 Å². The third kappa shape index (κ3) is 7.63. The van der Waals surface area contributed by atoms with Gasteiger partial charge in [0.2, 0.25) is 0 Å². The summed E-state index contributed by atoms with van der Waals surface area (Å²) < 4.78 is 50.0. The van der Waals surface area contributed by atoms with Crippen molar-refractivity contribution in [2.24, 2.45) is 0 Å². The number of carbonyl (C=O) groups is 4. The Morgan fingerprint density at radius 1 is 0.963 bits per heavy atom. The van der Waals surface area contributed by atoms with Crippen molar-refractivity contribution >= 4 is 23.9 Å². The third-order valence-corrected chi connectivity index (χ3v) is 2.82. The van der Waals surface area contributed by atoms with Gasteiger partial charge < -0.3 is 19.5 Å². The molecule has 3 amide bonds. The van der Waals surface area contributed by atoms with Crippen LogP contribution < -0.4 is 15.4 Å². The summed E-state index contributed by atoms with van der Waals surface area (Å²) in [6, 6.07) is 2.14. The summed E-state index contributed by atoms with van der Waals surface area (Å²) in [6.07, 6.45) is -4.63. The zero-order chi connectivity index (χ0) is 20.6. The van der Waals surface area contributed by atoms with Crippen molar-refractivity contribution in [1.29, 1.82) is 0 Å². The third-order valence-electron chi connectivity index (χ3n) is 2.82. The minimum atomic E-state index is -4.63. The van der Waals surface area contributed by atoms with Gasteiger partial charge in [0.1, 0.15) is 12.3 Å². The van der Waals surface area contributed by atoms with Gasteiger partial charge in [-0.15, -0.1) is 0 Å². The largest absolute Gasteiger partial charge is 0.484 e. The van der Waals surface area contributed by atoms with Crippen molar-refractivity contribution in [2.45, 2.75) is 6.18 Å². The summed E-state index contributed by atoms with van der Waals surface area (Å²) in [4.78, 5) is 45.9. The Balaban J connectivity index is 2.74. The lowest BCUT2D eigenvalue weighted by atomic mass is 10.1.